The highest BCUT2D eigenvalue weighted by Crippen LogP contribution is 2.25. The van der Waals surface area contributed by atoms with Crippen LogP contribution in [0.15, 0.2) is 18.2 Å². The molecule has 0 spiro atoms. The van der Waals surface area contributed by atoms with Gasteiger partial charge in [0.2, 0.25) is 0 Å². The lowest BCUT2D eigenvalue weighted by atomic mass is 10.0. The number of carbonyl (C=O) groups excluding carboxylic acids is 1. The van der Waals surface area contributed by atoms with Gasteiger partial charge in [0, 0.05) is 18.3 Å². The van der Waals surface area contributed by atoms with Gasteiger partial charge in [-0.25, -0.2) is 9.78 Å². The second kappa shape index (κ2) is 5.40. The number of likely N-dealkylation sites (tertiary alicyclic amines) is 1. The van der Waals surface area contributed by atoms with Crippen molar-refractivity contribution in [3.8, 4) is 0 Å². The third-order valence-corrected chi connectivity index (χ3v) is 4.74. The first-order valence-corrected chi connectivity index (χ1v) is 7.90. The molecule has 0 unspecified atom stereocenters. The number of anilines is 1. The molecule has 106 valence electrons. The molecular formula is C15H19N3OS. The van der Waals surface area contributed by atoms with E-state index in [0.717, 1.165) is 40.3 Å². The molecule has 4 nitrogen and oxygen atoms in total. The molecule has 1 aliphatic rings. The van der Waals surface area contributed by atoms with Crippen LogP contribution in [0.5, 0.6) is 0 Å². The van der Waals surface area contributed by atoms with Crippen molar-refractivity contribution in [1.82, 2.24) is 9.88 Å². The second-order valence-corrected chi connectivity index (χ2v) is 6.62. The largest absolute Gasteiger partial charge is 0.322 e. The Hall–Kier alpha value is -1.62. The summed E-state index contributed by atoms with van der Waals surface area (Å²) in [7, 11) is 0. The predicted octanol–water partition coefficient (Wildman–Crippen LogP) is 4.01. The van der Waals surface area contributed by atoms with Gasteiger partial charge in [0.1, 0.15) is 0 Å². The molecule has 2 amide bonds. The van der Waals surface area contributed by atoms with Crippen molar-refractivity contribution in [2.45, 2.75) is 39.2 Å². The summed E-state index contributed by atoms with van der Waals surface area (Å²) < 4.78 is 1.12. The molecule has 0 radical (unpaired) electrons. The average Bonchev–Trinajstić information content (AvgIpc) is 2.78. The van der Waals surface area contributed by atoms with Crippen LogP contribution in [0.2, 0.25) is 0 Å². The number of aryl methyl sites for hydroxylation is 1. The fourth-order valence-corrected chi connectivity index (χ4v) is 3.58. The van der Waals surface area contributed by atoms with E-state index in [1.165, 1.54) is 6.42 Å². The molecule has 0 saturated carbocycles. The fourth-order valence-electron chi connectivity index (χ4n) is 2.71. The summed E-state index contributed by atoms with van der Waals surface area (Å²) in [5.41, 5.74) is 1.85. The zero-order chi connectivity index (χ0) is 14.1. The highest BCUT2D eigenvalue weighted by molar-refractivity contribution is 7.18. The molecule has 1 N–H and O–H groups in total. The first-order valence-electron chi connectivity index (χ1n) is 7.08. The van der Waals surface area contributed by atoms with Crippen LogP contribution in [-0.4, -0.2) is 28.5 Å². The van der Waals surface area contributed by atoms with Crippen LogP contribution in [0, 0.1) is 6.92 Å². The van der Waals surface area contributed by atoms with Crippen molar-refractivity contribution < 1.29 is 4.79 Å². The van der Waals surface area contributed by atoms with Gasteiger partial charge in [-0.05, 0) is 51.3 Å². The van der Waals surface area contributed by atoms with Gasteiger partial charge >= 0.3 is 6.03 Å². The second-order valence-electron chi connectivity index (χ2n) is 5.38. The number of piperidine rings is 1. The number of fused-ring (bicyclic) bond motifs is 1. The molecule has 1 atom stereocenters. The van der Waals surface area contributed by atoms with E-state index in [1.54, 1.807) is 11.3 Å². The van der Waals surface area contributed by atoms with E-state index in [1.807, 2.05) is 30.0 Å². The predicted molar refractivity (Wildman–Crippen MR) is 83.4 cm³/mol. The first-order chi connectivity index (χ1) is 9.63. The van der Waals surface area contributed by atoms with Gasteiger partial charge in [-0.1, -0.05) is 0 Å². The zero-order valence-electron chi connectivity index (χ0n) is 11.8. The van der Waals surface area contributed by atoms with Gasteiger partial charge in [0.05, 0.1) is 15.2 Å². The highest BCUT2D eigenvalue weighted by Gasteiger charge is 2.23. The Balaban J connectivity index is 1.76. The minimum absolute atomic E-state index is 0.0118. The van der Waals surface area contributed by atoms with Crippen LogP contribution < -0.4 is 5.32 Å². The van der Waals surface area contributed by atoms with Crippen molar-refractivity contribution in [2.75, 3.05) is 11.9 Å². The smallest absolute Gasteiger partial charge is 0.322 e. The number of carbonyl (C=O) groups is 1. The molecule has 0 bridgehead atoms. The topological polar surface area (TPSA) is 45.2 Å². The molecule has 5 heteroatoms. The zero-order valence-corrected chi connectivity index (χ0v) is 12.7. The van der Waals surface area contributed by atoms with E-state index in [9.17, 15) is 4.79 Å². The Bertz CT molecular complexity index is 637. The lowest BCUT2D eigenvalue weighted by Gasteiger charge is -2.33. The van der Waals surface area contributed by atoms with Gasteiger partial charge in [-0.15, -0.1) is 11.3 Å². The SMILES string of the molecule is Cc1nc2ccc(NC(=O)N3CCCC[C@@H]3C)cc2s1. The van der Waals surface area contributed by atoms with E-state index in [0.29, 0.717) is 6.04 Å². The molecule has 1 fully saturated rings. The minimum Gasteiger partial charge on any atom is -0.322 e. The van der Waals surface area contributed by atoms with Gasteiger partial charge in [0.15, 0.2) is 0 Å². The first kappa shape index (κ1) is 13.4. The molecular weight excluding hydrogens is 270 g/mol. The summed E-state index contributed by atoms with van der Waals surface area (Å²) in [4.78, 5) is 18.7. The van der Waals surface area contributed by atoms with E-state index in [2.05, 4.69) is 17.2 Å². The van der Waals surface area contributed by atoms with Crippen LogP contribution in [-0.2, 0) is 0 Å². The number of amides is 2. The molecule has 1 saturated heterocycles. The summed E-state index contributed by atoms with van der Waals surface area (Å²) in [6.07, 6.45) is 3.42. The van der Waals surface area contributed by atoms with Crippen LogP contribution in [0.25, 0.3) is 10.2 Å². The van der Waals surface area contributed by atoms with Crippen molar-refractivity contribution in [3.63, 3.8) is 0 Å². The van der Waals surface area contributed by atoms with Crippen LogP contribution in [0.3, 0.4) is 0 Å². The Kier molecular flexibility index (Phi) is 3.61. The van der Waals surface area contributed by atoms with Gasteiger partial charge in [-0.3, -0.25) is 0 Å². The van der Waals surface area contributed by atoms with Crippen molar-refractivity contribution in [3.05, 3.63) is 23.2 Å². The quantitative estimate of drug-likeness (QED) is 0.862. The molecule has 2 aromatic rings. The number of nitrogens with zero attached hydrogens (tertiary/aromatic N) is 2. The van der Waals surface area contributed by atoms with Crippen LogP contribution >= 0.6 is 11.3 Å². The van der Waals surface area contributed by atoms with Crippen molar-refractivity contribution in [2.24, 2.45) is 0 Å². The molecule has 20 heavy (non-hydrogen) atoms. The molecule has 2 heterocycles. The Morgan fingerprint density at radius 2 is 2.30 bits per heavy atom. The van der Waals surface area contributed by atoms with Gasteiger partial charge in [-0.2, -0.15) is 0 Å². The maximum atomic E-state index is 12.3. The summed E-state index contributed by atoms with van der Waals surface area (Å²) in [5, 5.41) is 4.06. The summed E-state index contributed by atoms with van der Waals surface area (Å²) in [5.74, 6) is 0. The van der Waals surface area contributed by atoms with E-state index >= 15 is 0 Å². The molecule has 1 aromatic carbocycles. The Morgan fingerprint density at radius 3 is 3.10 bits per heavy atom. The van der Waals surface area contributed by atoms with Crippen molar-refractivity contribution >= 4 is 33.3 Å². The number of rotatable bonds is 1. The minimum atomic E-state index is 0.0118. The van der Waals surface area contributed by atoms with Crippen LogP contribution in [0.1, 0.15) is 31.2 Å². The monoisotopic (exact) mass is 289 g/mol. The number of aromatic nitrogens is 1. The van der Waals surface area contributed by atoms with E-state index in [4.69, 9.17) is 0 Å². The van der Waals surface area contributed by atoms with Gasteiger partial charge < -0.3 is 10.2 Å². The lowest BCUT2D eigenvalue weighted by Crippen LogP contribution is -2.44. The Morgan fingerprint density at radius 1 is 1.45 bits per heavy atom. The number of nitrogens with one attached hydrogen (secondary N) is 1. The van der Waals surface area contributed by atoms with E-state index < -0.39 is 0 Å². The normalized spacial score (nSPS) is 19.3. The molecule has 1 aromatic heterocycles. The Labute approximate surface area is 122 Å². The third kappa shape index (κ3) is 2.63. The number of thiazole rings is 1. The molecule has 0 aliphatic carbocycles. The summed E-state index contributed by atoms with van der Waals surface area (Å²) in [6.45, 7) is 4.97. The van der Waals surface area contributed by atoms with Crippen LogP contribution in [0.4, 0.5) is 10.5 Å². The summed E-state index contributed by atoms with van der Waals surface area (Å²) in [6, 6.07) is 6.24. The van der Waals surface area contributed by atoms with E-state index in [-0.39, 0.29) is 6.03 Å². The molecule has 1 aliphatic heterocycles. The number of urea groups is 1. The number of hydrogen-bond donors (Lipinski definition) is 1. The lowest BCUT2D eigenvalue weighted by molar-refractivity contribution is 0.170. The van der Waals surface area contributed by atoms with Crippen molar-refractivity contribution in [1.29, 1.82) is 0 Å². The summed E-state index contributed by atoms with van der Waals surface area (Å²) >= 11 is 1.65. The molecule has 3 rings (SSSR count). The third-order valence-electron chi connectivity index (χ3n) is 3.81. The fraction of sp³-hybridized carbons (Fsp3) is 0.467. The number of hydrogen-bond acceptors (Lipinski definition) is 3. The number of benzene rings is 1. The standard InChI is InChI=1S/C15H19N3OS/c1-10-5-3-4-8-18(10)15(19)17-12-6-7-13-14(9-12)20-11(2)16-13/h6-7,9-10H,3-5,8H2,1-2H3,(H,17,19)/t10-/m0/s1. The van der Waals surface area contributed by atoms with Gasteiger partial charge in [0.25, 0.3) is 0 Å². The maximum absolute atomic E-state index is 12.3. The average molecular weight is 289 g/mol. The maximum Gasteiger partial charge on any atom is 0.322 e. The highest BCUT2D eigenvalue weighted by atomic mass is 32.1.